The number of carbonyl (C=O) groups is 1. The van der Waals surface area contributed by atoms with E-state index in [4.69, 9.17) is 14.5 Å². The Kier molecular flexibility index (Phi) is 9.36. The van der Waals surface area contributed by atoms with Gasteiger partial charge in [-0.25, -0.2) is 4.99 Å². The van der Waals surface area contributed by atoms with Crippen molar-refractivity contribution in [2.24, 2.45) is 10.9 Å². The van der Waals surface area contributed by atoms with E-state index in [0.717, 1.165) is 24.9 Å². The number of aliphatic imine (C=N–C) groups is 1. The van der Waals surface area contributed by atoms with Crippen LogP contribution in [-0.2, 0) is 11.4 Å². The van der Waals surface area contributed by atoms with E-state index in [2.05, 4.69) is 52.4 Å². The average Bonchev–Trinajstić information content (AvgIpc) is 3.13. The predicted molar refractivity (Wildman–Crippen MR) is 165 cm³/mol. The molecule has 3 aromatic carbocycles. The maximum Gasteiger partial charge on any atom is 0.266 e. The summed E-state index contributed by atoms with van der Waals surface area (Å²) in [5.74, 6) is 1.59. The topological polar surface area (TPSA) is 51.1 Å². The van der Waals surface area contributed by atoms with E-state index < -0.39 is 0 Å². The summed E-state index contributed by atoms with van der Waals surface area (Å²) in [6, 6.07) is 19.9. The van der Waals surface area contributed by atoms with Gasteiger partial charge in [0.25, 0.3) is 5.91 Å². The number of thioether (sulfide) groups is 1. The van der Waals surface area contributed by atoms with E-state index in [9.17, 15) is 4.79 Å². The fourth-order valence-electron chi connectivity index (χ4n) is 3.70. The Hall–Kier alpha value is -2.30. The van der Waals surface area contributed by atoms with Crippen LogP contribution in [0.2, 0.25) is 0 Å². The van der Waals surface area contributed by atoms with Gasteiger partial charge >= 0.3 is 0 Å². The third-order valence-electron chi connectivity index (χ3n) is 5.54. The van der Waals surface area contributed by atoms with Crippen molar-refractivity contribution in [2.45, 2.75) is 27.4 Å². The maximum atomic E-state index is 13.4. The van der Waals surface area contributed by atoms with Crippen molar-refractivity contribution in [3.05, 3.63) is 90.3 Å². The lowest BCUT2D eigenvalue weighted by Crippen LogP contribution is -2.32. The number of hydrogen-bond donors (Lipinski definition) is 0. The molecule has 0 aromatic heterocycles. The first-order valence-corrected chi connectivity index (χ1v) is 14.5. The standard InChI is InChI=1S/C29H28BrIN2O3S/c1-18(2)16-33-28(34)26(37-29(33)32-23-11-5-19(3)6-12-23)15-21-13-24(31)27(25(14-21)35-4)36-17-20-7-9-22(30)10-8-20/h5-15,18H,16-17H2,1-4H3/b26-15+,32-29?. The number of hydrogen-bond acceptors (Lipinski definition) is 5. The van der Waals surface area contributed by atoms with Gasteiger partial charge in [0.2, 0.25) is 0 Å². The molecule has 5 nitrogen and oxygen atoms in total. The van der Waals surface area contributed by atoms with Crippen molar-refractivity contribution in [1.82, 2.24) is 4.90 Å². The lowest BCUT2D eigenvalue weighted by Gasteiger charge is -2.17. The van der Waals surface area contributed by atoms with Crippen LogP contribution in [0.1, 0.15) is 30.5 Å². The van der Waals surface area contributed by atoms with Gasteiger partial charge in [-0.1, -0.05) is 59.6 Å². The van der Waals surface area contributed by atoms with Gasteiger partial charge < -0.3 is 9.47 Å². The summed E-state index contributed by atoms with van der Waals surface area (Å²) in [5.41, 5.74) is 3.94. The number of amidine groups is 1. The van der Waals surface area contributed by atoms with E-state index in [-0.39, 0.29) is 5.91 Å². The molecule has 1 amide bonds. The second-order valence-corrected chi connectivity index (χ2v) is 12.2. The Morgan fingerprint density at radius 3 is 2.46 bits per heavy atom. The molecule has 0 unspecified atom stereocenters. The number of methoxy groups -OCH3 is 1. The molecule has 192 valence electrons. The summed E-state index contributed by atoms with van der Waals surface area (Å²) >= 11 is 7.11. The van der Waals surface area contributed by atoms with Crippen LogP contribution in [-0.4, -0.2) is 29.6 Å². The highest BCUT2D eigenvalue weighted by atomic mass is 127. The summed E-state index contributed by atoms with van der Waals surface area (Å²) in [6.45, 7) is 7.28. The van der Waals surface area contributed by atoms with E-state index in [1.54, 1.807) is 12.0 Å². The molecule has 0 saturated carbocycles. The minimum absolute atomic E-state index is 0.0332. The quantitative estimate of drug-likeness (QED) is 0.177. The Morgan fingerprint density at radius 1 is 1.11 bits per heavy atom. The van der Waals surface area contributed by atoms with Crippen molar-refractivity contribution in [2.75, 3.05) is 13.7 Å². The zero-order valence-electron chi connectivity index (χ0n) is 21.1. The molecule has 0 atom stereocenters. The molecule has 4 rings (SSSR count). The molecule has 0 spiro atoms. The van der Waals surface area contributed by atoms with Crippen LogP contribution in [0.4, 0.5) is 5.69 Å². The van der Waals surface area contributed by atoms with Gasteiger partial charge in [-0.15, -0.1) is 0 Å². The van der Waals surface area contributed by atoms with Crippen LogP contribution in [0, 0.1) is 16.4 Å². The maximum absolute atomic E-state index is 13.4. The summed E-state index contributed by atoms with van der Waals surface area (Å²) in [4.78, 5) is 20.6. The number of nitrogens with zero attached hydrogens (tertiary/aromatic N) is 2. The fraction of sp³-hybridized carbons (Fsp3) is 0.241. The summed E-state index contributed by atoms with van der Waals surface area (Å²) in [7, 11) is 1.63. The van der Waals surface area contributed by atoms with Crippen molar-refractivity contribution in [3.63, 3.8) is 0 Å². The molecule has 1 aliphatic rings. The molecule has 1 saturated heterocycles. The van der Waals surface area contributed by atoms with Gasteiger partial charge in [-0.2, -0.15) is 0 Å². The molecule has 0 N–H and O–H groups in total. The molecule has 1 heterocycles. The van der Waals surface area contributed by atoms with Crippen LogP contribution in [0.15, 0.2) is 75.0 Å². The number of ether oxygens (including phenoxy) is 2. The van der Waals surface area contributed by atoms with E-state index in [1.807, 2.05) is 73.7 Å². The SMILES string of the molecule is COc1cc(/C=C2/SC(=Nc3ccc(C)cc3)N(CC(C)C)C2=O)cc(I)c1OCc1ccc(Br)cc1. The number of amides is 1. The molecule has 0 aliphatic carbocycles. The minimum atomic E-state index is -0.0332. The average molecular weight is 691 g/mol. The van der Waals surface area contributed by atoms with E-state index in [0.29, 0.717) is 40.6 Å². The van der Waals surface area contributed by atoms with Gasteiger partial charge in [0, 0.05) is 11.0 Å². The monoisotopic (exact) mass is 690 g/mol. The largest absolute Gasteiger partial charge is 0.493 e. The number of rotatable bonds is 8. The molecular weight excluding hydrogens is 663 g/mol. The van der Waals surface area contributed by atoms with Crippen LogP contribution in [0.25, 0.3) is 6.08 Å². The first-order valence-electron chi connectivity index (χ1n) is 11.8. The molecule has 1 aliphatic heterocycles. The zero-order chi connectivity index (χ0) is 26.5. The Morgan fingerprint density at radius 2 is 1.81 bits per heavy atom. The van der Waals surface area contributed by atoms with Crippen LogP contribution >= 0.6 is 50.3 Å². The van der Waals surface area contributed by atoms with Gasteiger partial charge in [-0.3, -0.25) is 9.69 Å². The number of carbonyl (C=O) groups excluding carboxylic acids is 1. The first kappa shape index (κ1) is 27.7. The second-order valence-electron chi connectivity index (χ2n) is 9.10. The summed E-state index contributed by atoms with van der Waals surface area (Å²) in [6.07, 6.45) is 1.90. The van der Waals surface area contributed by atoms with Crippen LogP contribution in [0.5, 0.6) is 11.5 Å². The van der Waals surface area contributed by atoms with Gasteiger partial charge in [0.15, 0.2) is 16.7 Å². The zero-order valence-corrected chi connectivity index (χ0v) is 25.7. The lowest BCUT2D eigenvalue weighted by molar-refractivity contribution is -0.122. The lowest BCUT2D eigenvalue weighted by atomic mass is 10.1. The third-order valence-corrected chi connectivity index (χ3v) is 7.88. The highest BCUT2D eigenvalue weighted by Crippen LogP contribution is 2.38. The number of benzene rings is 3. The highest BCUT2D eigenvalue weighted by molar-refractivity contribution is 14.1. The highest BCUT2D eigenvalue weighted by Gasteiger charge is 2.33. The van der Waals surface area contributed by atoms with E-state index in [1.165, 1.54) is 17.3 Å². The first-order chi connectivity index (χ1) is 17.7. The van der Waals surface area contributed by atoms with Crippen molar-refractivity contribution < 1.29 is 14.3 Å². The fourth-order valence-corrected chi connectivity index (χ4v) is 5.75. The molecule has 0 radical (unpaired) electrons. The Labute approximate surface area is 244 Å². The van der Waals surface area contributed by atoms with Crippen molar-refractivity contribution in [3.8, 4) is 11.5 Å². The van der Waals surface area contributed by atoms with Crippen LogP contribution in [0.3, 0.4) is 0 Å². The molecule has 8 heteroatoms. The molecule has 0 bridgehead atoms. The number of aryl methyl sites for hydroxylation is 1. The van der Waals surface area contributed by atoms with Crippen molar-refractivity contribution >= 4 is 73.1 Å². The molecule has 37 heavy (non-hydrogen) atoms. The predicted octanol–water partition coefficient (Wildman–Crippen LogP) is 8.21. The third kappa shape index (κ3) is 7.18. The molecule has 3 aromatic rings. The minimum Gasteiger partial charge on any atom is -0.493 e. The molecule has 1 fully saturated rings. The van der Waals surface area contributed by atoms with Crippen LogP contribution < -0.4 is 9.47 Å². The van der Waals surface area contributed by atoms with Gasteiger partial charge in [0.05, 0.1) is 21.3 Å². The second kappa shape index (κ2) is 12.5. The number of halogens is 2. The van der Waals surface area contributed by atoms with E-state index >= 15 is 0 Å². The summed E-state index contributed by atoms with van der Waals surface area (Å²) in [5, 5.41) is 0.699. The molecular formula is C29H28BrIN2O3S. The summed E-state index contributed by atoms with van der Waals surface area (Å²) < 4.78 is 13.7. The smallest absolute Gasteiger partial charge is 0.266 e. The Balaban J connectivity index is 1.60. The Bertz CT molecular complexity index is 1340. The normalized spacial score (nSPS) is 15.8. The van der Waals surface area contributed by atoms with Gasteiger partial charge in [0.1, 0.15) is 6.61 Å². The van der Waals surface area contributed by atoms with Crippen molar-refractivity contribution in [1.29, 1.82) is 0 Å². The van der Waals surface area contributed by atoms with Gasteiger partial charge in [-0.05, 0) is 101 Å².